The summed E-state index contributed by atoms with van der Waals surface area (Å²) in [6.45, 7) is 0. The van der Waals surface area contributed by atoms with E-state index in [1.807, 2.05) is 0 Å². The Labute approximate surface area is 249 Å². The van der Waals surface area contributed by atoms with E-state index in [2.05, 4.69) is 24.7 Å². The van der Waals surface area contributed by atoms with Crippen molar-refractivity contribution in [3.05, 3.63) is 95.7 Å². The molecule has 44 heavy (non-hydrogen) atoms. The minimum absolute atomic E-state index is 0.0159. The monoisotopic (exact) mass is 639 g/mol. The number of rotatable bonds is 11. The SMILES string of the molecule is CN(c1ccc(CC(=O)Cc2ccc(OC(F)(F)F)cc2)cc1)c1nc(Nc2cccc(NS(=O)O)c2)ncc1C(F)(F)F. The zero-order chi connectivity index (χ0) is 32.1. The van der Waals surface area contributed by atoms with Gasteiger partial charge in [0.15, 0.2) is 5.82 Å². The van der Waals surface area contributed by atoms with E-state index in [1.54, 1.807) is 24.3 Å². The molecule has 1 atom stereocenters. The van der Waals surface area contributed by atoms with E-state index in [4.69, 9.17) is 4.55 Å². The van der Waals surface area contributed by atoms with E-state index in [1.165, 1.54) is 48.3 Å². The summed E-state index contributed by atoms with van der Waals surface area (Å²) in [6, 6.07) is 17.2. The third-order valence-corrected chi connectivity index (χ3v) is 6.41. The van der Waals surface area contributed by atoms with Gasteiger partial charge in [-0.15, -0.1) is 13.2 Å². The Morgan fingerprint density at radius 2 is 1.52 bits per heavy atom. The highest BCUT2D eigenvalue weighted by Crippen LogP contribution is 2.38. The third-order valence-electron chi connectivity index (χ3n) is 6.00. The maximum atomic E-state index is 13.9. The second-order valence-corrected chi connectivity index (χ2v) is 10.00. The van der Waals surface area contributed by atoms with Crippen molar-refractivity contribution >= 4 is 45.9 Å². The molecule has 0 aliphatic carbocycles. The van der Waals surface area contributed by atoms with Crippen LogP contribution in [0, 0.1) is 0 Å². The lowest BCUT2D eigenvalue weighted by atomic mass is 10.0. The first-order valence-corrected chi connectivity index (χ1v) is 13.6. The van der Waals surface area contributed by atoms with Crippen LogP contribution in [-0.2, 0) is 35.1 Å². The van der Waals surface area contributed by atoms with Crippen molar-refractivity contribution in [1.82, 2.24) is 9.97 Å². The molecule has 1 unspecified atom stereocenters. The van der Waals surface area contributed by atoms with Crippen LogP contribution in [0.1, 0.15) is 16.7 Å². The molecule has 0 amide bonds. The molecule has 232 valence electrons. The van der Waals surface area contributed by atoms with Crippen LogP contribution in [-0.4, -0.2) is 37.9 Å². The predicted molar refractivity (Wildman–Crippen MR) is 151 cm³/mol. The van der Waals surface area contributed by atoms with Gasteiger partial charge in [-0.05, 0) is 53.6 Å². The fourth-order valence-electron chi connectivity index (χ4n) is 4.07. The molecular formula is C28H23F6N5O4S. The third kappa shape index (κ3) is 9.15. The Morgan fingerprint density at radius 1 is 0.932 bits per heavy atom. The number of nitrogens with zero attached hydrogens (tertiary/aromatic N) is 3. The van der Waals surface area contributed by atoms with Crippen LogP contribution in [0.3, 0.4) is 0 Å². The normalized spacial score (nSPS) is 12.4. The van der Waals surface area contributed by atoms with Gasteiger partial charge in [-0.1, -0.05) is 30.3 Å². The molecule has 1 heterocycles. The van der Waals surface area contributed by atoms with Gasteiger partial charge in [0, 0.05) is 37.5 Å². The van der Waals surface area contributed by atoms with Gasteiger partial charge in [0.2, 0.25) is 5.95 Å². The zero-order valence-electron chi connectivity index (χ0n) is 22.6. The number of hydrogen-bond donors (Lipinski definition) is 3. The molecule has 16 heteroatoms. The summed E-state index contributed by atoms with van der Waals surface area (Å²) in [5.74, 6) is -1.26. The highest BCUT2D eigenvalue weighted by molar-refractivity contribution is 7.80. The number of carbonyl (C=O) groups is 1. The van der Waals surface area contributed by atoms with Crippen molar-refractivity contribution in [1.29, 1.82) is 0 Å². The van der Waals surface area contributed by atoms with E-state index in [-0.39, 0.29) is 30.3 Å². The molecule has 0 aliphatic rings. The van der Waals surface area contributed by atoms with Gasteiger partial charge in [-0.2, -0.15) is 18.2 Å². The molecule has 3 N–H and O–H groups in total. The molecule has 3 aromatic carbocycles. The number of benzene rings is 3. The summed E-state index contributed by atoms with van der Waals surface area (Å²) >= 11 is -2.33. The van der Waals surface area contributed by atoms with Gasteiger partial charge in [-0.3, -0.25) is 14.1 Å². The summed E-state index contributed by atoms with van der Waals surface area (Å²) in [5.41, 5.74) is 0.902. The fourth-order valence-corrected chi connectivity index (χ4v) is 4.39. The number of hydrogen-bond acceptors (Lipinski definition) is 7. The Morgan fingerprint density at radius 3 is 2.09 bits per heavy atom. The van der Waals surface area contributed by atoms with E-state index in [9.17, 15) is 35.3 Å². The van der Waals surface area contributed by atoms with Gasteiger partial charge in [0.25, 0.3) is 11.3 Å². The number of nitrogens with one attached hydrogen (secondary N) is 2. The smallest absolute Gasteiger partial charge is 0.406 e. The van der Waals surface area contributed by atoms with E-state index >= 15 is 0 Å². The number of aromatic nitrogens is 2. The van der Waals surface area contributed by atoms with Gasteiger partial charge >= 0.3 is 12.5 Å². The van der Waals surface area contributed by atoms with E-state index in [0.717, 1.165) is 12.1 Å². The molecule has 9 nitrogen and oxygen atoms in total. The largest absolute Gasteiger partial charge is 0.573 e. The number of halogens is 6. The predicted octanol–water partition coefficient (Wildman–Crippen LogP) is 6.81. The lowest BCUT2D eigenvalue weighted by Crippen LogP contribution is -2.19. The Hall–Kier alpha value is -4.70. The molecule has 0 spiro atoms. The fraction of sp³-hybridized carbons (Fsp3) is 0.179. The second kappa shape index (κ2) is 13.3. The lowest BCUT2D eigenvalue weighted by Gasteiger charge is -2.23. The maximum Gasteiger partial charge on any atom is 0.573 e. The van der Waals surface area contributed by atoms with Gasteiger partial charge in [-0.25, -0.2) is 9.19 Å². The number of ketones is 1. The number of ether oxygens (including phenoxy) is 1. The van der Waals surface area contributed by atoms with Gasteiger partial charge in [0.1, 0.15) is 17.1 Å². The van der Waals surface area contributed by atoms with Gasteiger partial charge in [0.05, 0.1) is 5.69 Å². The number of Topliss-reactive ketones (excluding diaryl/α,β-unsaturated/α-hetero) is 1. The molecule has 0 fully saturated rings. The van der Waals surface area contributed by atoms with Crippen LogP contribution < -0.4 is 19.7 Å². The lowest BCUT2D eigenvalue weighted by molar-refractivity contribution is -0.274. The average molecular weight is 640 g/mol. The molecule has 0 radical (unpaired) electrons. The summed E-state index contributed by atoms with van der Waals surface area (Å²) in [5, 5.41) is 2.78. The zero-order valence-corrected chi connectivity index (χ0v) is 23.4. The Kier molecular flexibility index (Phi) is 9.74. The summed E-state index contributed by atoms with van der Waals surface area (Å²) in [6.07, 6.45) is -9.02. The minimum atomic E-state index is -4.82. The quantitative estimate of drug-likeness (QED) is 0.121. The standard InChI is InChI=1S/C28H23F6N5O4S/c1-39(21-9-5-17(6-10-21)13-22(40)14-18-7-11-23(12-8-18)43-28(32,33)34)25-24(27(29,30)31)16-35-26(37-25)36-19-3-2-4-20(15-19)38-44(41)42/h2-12,15-16,38H,13-14H2,1H3,(H,41,42)(H,35,36,37). The molecule has 1 aromatic heterocycles. The highest BCUT2D eigenvalue weighted by Gasteiger charge is 2.36. The topological polar surface area (TPSA) is 117 Å². The second-order valence-electron chi connectivity index (χ2n) is 9.30. The first kappa shape index (κ1) is 32.2. The van der Waals surface area contributed by atoms with Crippen molar-refractivity contribution in [2.24, 2.45) is 0 Å². The molecule has 0 saturated heterocycles. The van der Waals surface area contributed by atoms with Crippen molar-refractivity contribution in [3.8, 4) is 5.75 Å². The Bertz CT molecular complexity index is 1630. The molecule has 0 aliphatic heterocycles. The summed E-state index contributed by atoms with van der Waals surface area (Å²) in [4.78, 5) is 21.6. The van der Waals surface area contributed by atoms with Crippen LogP contribution in [0.15, 0.2) is 79.0 Å². The molecular weight excluding hydrogens is 616 g/mol. The van der Waals surface area contributed by atoms with Crippen LogP contribution in [0.4, 0.5) is 55.2 Å². The van der Waals surface area contributed by atoms with Gasteiger partial charge < -0.3 is 15.0 Å². The van der Waals surface area contributed by atoms with Crippen LogP contribution in [0.5, 0.6) is 5.75 Å². The van der Waals surface area contributed by atoms with Crippen LogP contribution >= 0.6 is 0 Å². The number of alkyl halides is 6. The molecule has 4 aromatic rings. The Balaban J connectivity index is 1.47. The van der Waals surface area contributed by atoms with Crippen LogP contribution in [0.25, 0.3) is 0 Å². The number of carbonyl (C=O) groups excluding carboxylic acids is 1. The van der Waals surface area contributed by atoms with Crippen LogP contribution in [0.2, 0.25) is 0 Å². The van der Waals surface area contributed by atoms with Crippen molar-refractivity contribution in [2.45, 2.75) is 25.4 Å². The van der Waals surface area contributed by atoms with E-state index < -0.39 is 40.9 Å². The van der Waals surface area contributed by atoms with Crippen molar-refractivity contribution in [3.63, 3.8) is 0 Å². The first-order valence-electron chi connectivity index (χ1n) is 12.5. The minimum Gasteiger partial charge on any atom is -0.406 e. The first-order chi connectivity index (χ1) is 20.7. The summed E-state index contributed by atoms with van der Waals surface area (Å²) in [7, 11) is 1.38. The maximum absolute atomic E-state index is 13.9. The molecule has 0 bridgehead atoms. The van der Waals surface area contributed by atoms with Crippen molar-refractivity contribution in [2.75, 3.05) is 22.0 Å². The highest BCUT2D eigenvalue weighted by atomic mass is 32.2. The average Bonchev–Trinajstić information content (AvgIpc) is 2.92. The molecule has 0 saturated carbocycles. The summed E-state index contributed by atoms with van der Waals surface area (Å²) < 4.78 is 105. The molecule has 4 rings (SSSR count). The van der Waals surface area contributed by atoms with Crippen molar-refractivity contribution < 1.29 is 44.6 Å². The van der Waals surface area contributed by atoms with E-state index in [0.29, 0.717) is 28.7 Å². The number of anilines is 5.